The van der Waals surface area contributed by atoms with Crippen LogP contribution in [0.5, 0.6) is 0 Å². The third-order valence-corrected chi connectivity index (χ3v) is 2.18. The van der Waals surface area contributed by atoms with Crippen molar-refractivity contribution in [2.45, 2.75) is 32.1 Å². The zero-order valence-electron chi connectivity index (χ0n) is 7.19. The Kier molecular flexibility index (Phi) is 2.65. The third kappa shape index (κ3) is 2.16. The lowest BCUT2D eigenvalue weighted by atomic mass is 10.1. The second-order valence-electron chi connectivity index (χ2n) is 3.11. The van der Waals surface area contributed by atoms with Gasteiger partial charge in [-0.25, -0.2) is 13.4 Å². The van der Waals surface area contributed by atoms with Gasteiger partial charge in [0.25, 0.3) is 5.92 Å². The second kappa shape index (κ2) is 3.37. The molecule has 1 aliphatic heterocycles. The van der Waals surface area contributed by atoms with Crippen molar-refractivity contribution in [3.05, 3.63) is 0 Å². The fourth-order valence-electron chi connectivity index (χ4n) is 1.32. The molecule has 0 aromatic heterocycles. The number of piperidine rings is 1. The molecule has 0 radical (unpaired) electrons. The Morgan fingerprint density at radius 3 is 2.33 bits per heavy atom. The molecule has 1 rings (SSSR count). The molecule has 70 valence electrons. The fourth-order valence-corrected chi connectivity index (χ4v) is 1.32. The highest BCUT2D eigenvalue weighted by atomic mass is 19.3. The number of halogens is 2. The molecule has 2 nitrogen and oxygen atoms in total. The van der Waals surface area contributed by atoms with Crippen LogP contribution >= 0.6 is 0 Å². The van der Waals surface area contributed by atoms with Crippen LogP contribution < -0.4 is 0 Å². The highest BCUT2D eigenvalue weighted by molar-refractivity contribution is 5.67. The van der Waals surface area contributed by atoms with E-state index in [0.717, 1.165) is 0 Å². The fraction of sp³-hybridized carbons (Fsp3) is 0.875. The van der Waals surface area contributed by atoms with Gasteiger partial charge in [-0.15, -0.1) is 0 Å². The Morgan fingerprint density at radius 1 is 1.42 bits per heavy atom. The van der Waals surface area contributed by atoms with E-state index >= 15 is 0 Å². The maximum Gasteiger partial charge on any atom is 0.333 e. The number of aliphatic hydroxyl groups excluding tert-OH is 1. The molecule has 12 heavy (non-hydrogen) atoms. The molecule has 0 bridgehead atoms. The van der Waals surface area contributed by atoms with Crippen molar-refractivity contribution in [2.24, 2.45) is 0 Å². The normalized spacial score (nSPS) is 22.4. The summed E-state index contributed by atoms with van der Waals surface area (Å²) in [7, 11) is 0. The first-order valence-electron chi connectivity index (χ1n) is 4.23. The summed E-state index contributed by atoms with van der Waals surface area (Å²) < 4.78 is 26.9. The molecule has 1 aliphatic rings. The van der Waals surface area contributed by atoms with Gasteiger partial charge in [0.2, 0.25) is 0 Å². The summed E-state index contributed by atoms with van der Waals surface area (Å²) in [5.74, 6) is -2.30. The minimum Gasteiger partial charge on any atom is -0.464 e. The van der Waals surface area contributed by atoms with E-state index in [4.69, 9.17) is 0 Å². The van der Waals surface area contributed by atoms with Crippen LogP contribution in [0.4, 0.5) is 8.78 Å². The lowest BCUT2D eigenvalue weighted by Gasteiger charge is -2.19. The first kappa shape index (κ1) is 9.42. The van der Waals surface area contributed by atoms with Gasteiger partial charge in [0.05, 0.1) is 19.3 Å². The predicted molar refractivity (Wildman–Crippen MR) is 42.1 cm³/mol. The maximum atomic E-state index is 12.6. The van der Waals surface area contributed by atoms with Crippen molar-refractivity contribution in [1.29, 1.82) is 0 Å². The van der Waals surface area contributed by atoms with Gasteiger partial charge in [-0.05, 0) is 0 Å². The van der Waals surface area contributed by atoms with Crippen molar-refractivity contribution < 1.29 is 18.5 Å². The van der Waals surface area contributed by atoms with Crippen molar-refractivity contribution in [3.63, 3.8) is 0 Å². The maximum absolute atomic E-state index is 12.6. The summed E-state index contributed by atoms with van der Waals surface area (Å²) in [6.45, 7) is 2.35. The van der Waals surface area contributed by atoms with Gasteiger partial charge in [-0.1, -0.05) is 6.92 Å². The smallest absolute Gasteiger partial charge is 0.333 e. The number of hydrogen-bond acceptors (Lipinski definition) is 0. The van der Waals surface area contributed by atoms with Crippen LogP contribution in [0.3, 0.4) is 0 Å². The van der Waals surface area contributed by atoms with Crippen LogP contribution in [-0.2, 0) is 0 Å². The van der Waals surface area contributed by atoms with Crippen LogP contribution in [0.25, 0.3) is 0 Å². The van der Waals surface area contributed by atoms with Crippen LogP contribution in [0, 0.1) is 0 Å². The van der Waals surface area contributed by atoms with Gasteiger partial charge in [0.1, 0.15) is 0 Å². The van der Waals surface area contributed by atoms with E-state index < -0.39 is 5.92 Å². The average molecular weight is 178 g/mol. The van der Waals surface area contributed by atoms with Crippen molar-refractivity contribution in [2.75, 3.05) is 13.1 Å². The summed E-state index contributed by atoms with van der Waals surface area (Å²) in [5.41, 5.74) is 0. The SMILES string of the molecule is CCC(O)=[N+]1CCC(F)(F)CC1. The largest absolute Gasteiger partial charge is 0.464 e. The molecule has 0 spiro atoms. The van der Waals surface area contributed by atoms with E-state index in [2.05, 4.69) is 0 Å². The number of nitrogens with zero attached hydrogens (tertiary/aromatic N) is 1. The molecule has 0 atom stereocenters. The molecule has 0 aromatic rings. The molecule has 0 unspecified atom stereocenters. The van der Waals surface area contributed by atoms with E-state index in [0.29, 0.717) is 6.42 Å². The van der Waals surface area contributed by atoms with Crippen molar-refractivity contribution >= 4 is 5.90 Å². The van der Waals surface area contributed by atoms with Gasteiger partial charge in [0.15, 0.2) is 13.1 Å². The summed E-state index contributed by atoms with van der Waals surface area (Å²) in [6.07, 6.45) is 0.236. The van der Waals surface area contributed by atoms with Gasteiger partial charge in [0, 0.05) is 0 Å². The zero-order valence-corrected chi connectivity index (χ0v) is 7.19. The average Bonchev–Trinajstić information content (AvgIpc) is 2.03. The highest BCUT2D eigenvalue weighted by Crippen LogP contribution is 2.26. The Hall–Kier alpha value is -0.670. The Balaban J connectivity index is 2.57. The Bertz CT molecular complexity index is 189. The van der Waals surface area contributed by atoms with Gasteiger partial charge in [-0.2, -0.15) is 0 Å². The Morgan fingerprint density at radius 2 is 1.92 bits per heavy atom. The van der Waals surface area contributed by atoms with E-state index in [-0.39, 0.29) is 31.8 Å². The van der Waals surface area contributed by atoms with Gasteiger partial charge < -0.3 is 5.11 Å². The molecule has 0 amide bonds. The first-order chi connectivity index (χ1) is 5.55. The molecule has 1 heterocycles. The van der Waals surface area contributed by atoms with Crippen LogP contribution in [0.2, 0.25) is 0 Å². The number of hydrogen-bond donors (Lipinski definition) is 1. The van der Waals surface area contributed by atoms with Gasteiger partial charge in [-0.3, -0.25) is 0 Å². The summed E-state index contributed by atoms with van der Waals surface area (Å²) in [4.78, 5) is 0. The summed E-state index contributed by atoms with van der Waals surface area (Å²) in [6, 6.07) is 0. The summed E-state index contributed by atoms with van der Waals surface area (Å²) in [5, 5.41) is 9.25. The molecule has 0 aromatic carbocycles. The predicted octanol–water partition coefficient (Wildman–Crippen LogP) is 1.79. The Labute approximate surface area is 70.5 Å². The van der Waals surface area contributed by atoms with Crippen LogP contribution in [-0.4, -0.2) is 34.6 Å². The monoisotopic (exact) mass is 178 g/mol. The molecule has 0 aliphatic carbocycles. The third-order valence-electron chi connectivity index (χ3n) is 2.18. The van der Waals surface area contributed by atoms with Crippen LogP contribution in [0.15, 0.2) is 0 Å². The number of aliphatic hydroxyl groups is 1. The molecule has 1 fully saturated rings. The van der Waals surface area contributed by atoms with Crippen molar-refractivity contribution in [1.82, 2.24) is 0 Å². The lowest BCUT2D eigenvalue weighted by molar-refractivity contribution is -0.556. The van der Waals surface area contributed by atoms with Crippen molar-refractivity contribution in [3.8, 4) is 0 Å². The van der Waals surface area contributed by atoms with Crippen LogP contribution in [0.1, 0.15) is 26.2 Å². The molecule has 0 saturated carbocycles. The first-order valence-corrected chi connectivity index (χ1v) is 4.23. The second-order valence-corrected chi connectivity index (χ2v) is 3.11. The number of alkyl halides is 2. The van der Waals surface area contributed by atoms with E-state index in [1.165, 1.54) is 0 Å². The van der Waals surface area contributed by atoms with E-state index in [9.17, 15) is 13.9 Å². The lowest BCUT2D eigenvalue weighted by Crippen LogP contribution is -2.36. The van der Waals surface area contributed by atoms with E-state index in [1.807, 2.05) is 6.92 Å². The standard InChI is InChI=1S/C8H13F2NO/c1-2-7(12)11-5-3-8(9,10)4-6-11/h2-6H2,1H3/p+1. The molecular weight excluding hydrogens is 164 g/mol. The molecule has 1 N–H and O–H groups in total. The molecule has 1 saturated heterocycles. The summed E-state index contributed by atoms with van der Waals surface area (Å²) >= 11 is 0. The quantitative estimate of drug-likeness (QED) is 0.480. The minimum absolute atomic E-state index is 0.142. The molecule has 4 heteroatoms. The topological polar surface area (TPSA) is 23.2 Å². The number of rotatable bonds is 1. The van der Waals surface area contributed by atoms with Gasteiger partial charge >= 0.3 is 5.90 Å². The highest BCUT2D eigenvalue weighted by Gasteiger charge is 2.37. The molecular formula is C8H14F2NO+. The minimum atomic E-state index is -2.52. The zero-order chi connectivity index (χ0) is 9.19. The van der Waals surface area contributed by atoms with E-state index in [1.54, 1.807) is 4.58 Å².